The molecule has 0 fully saturated rings. The predicted octanol–water partition coefficient (Wildman–Crippen LogP) is 5.55. The van der Waals surface area contributed by atoms with E-state index in [-0.39, 0.29) is 10.9 Å². The molecule has 1 aliphatic rings. The third kappa shape index (κ3) is 6.84. The van der Waals surface area contributed by atoms with Gasteiger partial charge in [0.2, 0.25) is 10.0 Å². The fraction of sp³-hybridized carbons (Fsp3) is 0.357. The number of primary sulfonamides is 1. The lowest BCUT2D eigenvalue weighted by Crippen LogP contribution is -2.35. The minimum Gasteiger partial charge on any atom is -0.493 e. The summed E-state index contributed by atoms with van der Waals surface area (Å²) in [6.45, 7) is 9.54. The highest BCUT2D eigenvalue weighted by atomic mass is 32.2. The minimum absolute atomic E-state index is 0.0441. The highest BCUT2D eigenvalue weighted by Gasteiger charge is 2.30. The van der Waals surface area contributed by atoms with Crippen LogP contribution in [-0.4, -0.2) is 34.1 Å². The van der Waals surface area contributed by atoms with Crippen molar-refractivity contribution in [1.82, 2.24) is 4.90 Å². The van der Waals surface area contributed by atoms with Crippen LogP contribution in [0.5, 0.6) is 11.5 Å². The number of sulfonamides is 1. The molecular formula is C28H38N2O4S. The second-order valence-corrected chi connectivity index (χ2v) is 9.19. The first kappa shape index (κ1) is 28.4. The molecule has 0 saturated carbocycles. The number of hydrogen-bond acceptors (Lipinski definition) is 5. The van der Waals surface area contributed by atoms with Gasteiger partial charge in [0.25, 0.3) is 0 Å². The average Bonchev–Trinajstić information content (AvgIpc) is 2.90. The smallest absolute Gasteiger partial charge is 0.238 e. The van der Waals surface area contributed by atoms with E-state index in [4.69, 9.17) is 14.6 Å². The number of benzene rings is 3. The lowest BCUT2D eigenvalue weighted by Gasteiger charge is -2.38. The molecule has 3 aromatic rings. The zero-order valence-electron chi connectivity index (χ0n) is 21.6. The van der Waals surface area contributed by atoms with Crippen LogP contribution < -0.4 is 14.6 Å². The van der Waals surface area contributed by atoms with E-state index < -0.39 is 10.0 Å². The molecule has 3 aromatic carbocycles. The molecular weight excluding hydrogens is 460 g/mol. The molecule has 2 N–H and O–H groups in total. The van der Waals surface area contributed by atoms with Crippen molar-refractivity contribution < 1.29 is 17.9 Å². The molecule has 0 aromatic heterocycles. The molecule has 4 rings (SSSR count). The van der Waals surface area contributed by atoms with Crippen molar-refractivity contribution in [3.63, 3.8) is 0 Å². The Morgan fingerprint density at radius 3 is 2.00 bits per heavy atom. The Balaban J connectivity index is 0.00000103. The molecule has 7 heteroatoms. The fourth-order valence-corrected chi connectivity index (χ4v) is 4.73. The summed E-state index contributed by atoms with van der Waals surface area (Å²) in [6, 6.07) is 21.3. The highest BCUT2D eigenvalue weighted by Crippen LogP contribution is 2.41. The molecule has 0 radical (unpaired) electrons. The van der Waals surface area contributed by atoms with E-state index in [2.05, 4.69) is 29.2 Å². The topological polar surface area (TPSA) is 81.9 Å². The number of nitrogens with two attached hydrogens (primary N) is 1. The van der Waals surface area contributed by atoms with E-state index in [0.29, 0.717) is 12.3 Å². The van der Waals surface area contributed by atoms with Crippen molar-refractivity contribution in [3.8, 4) is 11.5 Å². The van der Waals surface area contributed by atoms with Gasteiger partial charge in [-0.2, -0.15) is 0 Å². The first-order valence-electron chi connectivity index (χ1n) is 12.1. The van der Waals surface area contributed by atoms with Crippen molar-refractivity contribution in [1.29, 1.82) is 0 Å². The van der Waals surface area contributed by atoms with Crippen molar-refractivity contribution in [2.45, 2.75) is 51.6 Å². The second-order valence-electron chi connectivity index (χ2n) is 7.63. The van der Waals surface area contributed by atoms with Crippen molar-refractivity contribution in [2.24, 2.45) is 5.14 Å². The number of nitrogens with zero attached hydrogens (tertiary/aromatic N) is 1. The van der Waals surface area contributed by atoms with Crippen molar-refractivity contribution >= 4 is 10.0 Å². The maximum atomic E-state index is 11.6. The molecule has 1 unspecified atom stereocenters. The van der Waals surface area contributed by atoms with E-state index in [0.717, 1.165) is 24.3 Å². The third-order valence-corrected chi connectivity index (χ3v) is 6.66. The molecule has 6 nitrogen and oxygen atoms in total. The summed E-state index contributed by atoms with van der Waals surface area (Å²) in [5, 5.41) is 5.23. The summed E-state index contributed by atoms with van der Waals surface area (Å²) in [4.78, 5) is 2.52. The van der Waals surface area contributed by atoms with Crippen LogP contribution in [0, 0.1) is 0 Å². The van der Waals surface area contributed by atoms with Crippen LogP contribution in [0.1, 0.15) is 56.0 Å². The van der Waals surface area contributed by atoms with Gasteiger partial charge >= 0.3 is 0 Å². The molecule has 1 aliphatic heterocycles. The average molecular weight is 499 g/mol. The van der Waals surface area contributed by atoms with Gasteiger partial charge in [-0.05, 0) is 52.9 Å². The lowest BCUT2D eigenvalue weighted by molar-refractivity contribution is 0.203. The molecule has 0 aliphatic carbocycles. The Morgan fingerprint density at radius 1 is 0.886 bits per heavy atom. The zero-order valence-corrected chi connectivity index (χ0v) is 22.4. The Morgan fingerprint density at radius 2 is 1.46 bits per heavy atom. The molecule has 1 heterocycles. The van der Waals surface area contributed by atoms with Crippen LogP contribution in [0.3, 0.4) is 0 Å². The van der Waals surface area contributed by atoms with E-state index in [1.54, 1.807) is 26.4 Å². The van der Waals surface area contributed by atoms with Gasteiger partial charge in [-0.15, -0.1) is 0 Å². The standard InChI is InChI=1S/C24H26N2O4S.2C2H6/c1-29-22-14-19-12-13-26(16-17-8-10-20(11-9-17)31(25,27)28)24(18-6-4-3-5-7-18)21(19)15-23(22)30-2;2*1-2/h3-11,14-15,24H,12-13,16H2,1-2H3,(H2,25,27,28);2*1-2H3. The van der Waals surface area contributed by atoms with Gasteiger partial charge < -0.3 is 9.47 Å². The Kier molecular flexibility index (Phi) is 10.8. The number of ether oxygens (including phenoxy) is 2. The van der Waals surface area contributed by atoms with Crippen LogP contribution in [0.25, 0.3) is 0 Å². The number of methoxy groups -OCH3 is 2. The maximum absolute atomic E-state index is 11.6. The lowest BCUT2D eigenvalue weighted by atomic mass is 9.87. The zero-order chi connectivity index (χ0) is 26.0. The molecule has 0 saturated heterocycles. The van der Waals surface area contributed by atoms with Gasteiger partial charge in [0.05, 0.1) is 25.2 Å². The quantitative estimate of drug-likeness (QED) is 0.482. The van der Waals surface area contributed by atoms with Gasteiger partial charge in [-0.1, -0.05) is 70.2 Å². The van der Waals surface area contributed by atoms with Crippen LogP contribution in [-0.2, 0) is 23.0 Å². The van der Waals surface area contributed by atoms with Crippen LogP contribution in [0.4, 0.5) is 0 Å². The summed E-state index contributed by atoms with van der Waals surface area (Å²) < 4.78 is 34.2. The highest BCUT2D eigenvalue weighted by molar-refractivity contribution is 7.89. The van der Waals surface area contributed by atoms with Gasteiger partial charge in [0, 0.05) is 13.1 Å². The predicted molar refractivity (Wildman–Crippen MR) is 142 cm³/mol. The molecule has 0 spiro atoms. The minimum atomic E-state index is -3.70. The number of rotatable bonds is 6. The summed E-state index contributed by atoms with van der Waals surface area (Å²) >= 11 is 0. The monoisotopic (exact) mass is 498 g/mol. The van der Waals surface area contributed by atoms with E-state index >= 15 is 0 Å². The maximum Gasteiger partial charge on any atom is 0.238 e. The van der Waals surface area contributed by atoms with E-state index in [9.17, 15) is 8.42 Å². The summed E-state index contributed by atoms with van der Waals surface area (Å²) in [7, 11) is -0.400. The van der Waals surface area contributed by atoms with E-state index in [1.165, 1.54) is 16.7 Å². The van der Waals surface area contributed by atoms with E-state index in [1.807, 2.05) is 58.0 Å². The summed E-state index contributed by atoms with van der Waals surface area (Å²) in [5.41, 5.74) is 4.65. The Hall–Kier alpha value is -2.87. The molecule has 0 amide bonds. The largest absolute Gasteiger partial charge is 0.493 e. The molecule has 0 bridgehead atoms. The third-order valence-electron chi connectivity index (χ3n) is 5.73. The van der Waals surface area contributed by atoms with Crippen molar-refractivity contribution in [3.05, 3.63) is 89.0 Å². The molecule has 1 atom stereocenters. The van der Waals surface area contributed by atoms with Crippen LogP contribution >= 0.6 is 0 Å². The van der Waals surface area contributed by atoms with Crippen LogP contribution in [0.15, 0.2) is 71.6 Å². The molecule has 190 valence electrons. The van der Waals surface area contributed by atoms with Gasteiger partial charge in [-0.25, -0.2) is 13.6 Å². The summed E-state index contributed by atoms with van der Waals surface area (Å²) in [5.74, 6) is 1.45. The first-order valence-corrected chi connectivity index (χ1v) is 13.6. The normalized spacial score (nSPS) is 15.0. The van der Waals surface area contributed by atoms with Gasteiger partial charge in [0.15, 0.2) is 11.5 Å². The second kappa shape index (κ2) is 13.3. The summed E-state index contributed by atoms with van der Waals surface area (Å²) in [6.07, 6.45) is 0.883. The fourth-order valence-electron chi connectivity index (χ4n) is 4.21. The Bertz CT molecular complexity index is 1160. The van der Waals surface area contributed by atoms with Gasteiger partial charge in [-0.3, -0.25) is 4.90 Å². The SMILES string of the molecule is CC.CC.COc1cc2c(cc1OC)C(c1ccccc1)N(Cc1ccc(S(N)(=O)=O)cc1)CC2. The Labute approximate surface area is 210 Å². The van der Waals surface area contributed by atoms with Crippen molar-refractivity contribution in [2.75, 3.05) is 20.8 Å². The first-order chi connectivity index (χ1) is 16.9. The number of hydrogen-bond donors (Lipinski definition) is 1. The number of fused-ring (bicyclic) bond motifs is 1. The molecule has 35 heavy (non-hydrogen) atoms. The van der Waals surface area contributed by atoms with Gasteiger partial charge in [0.1, 0.15) is 0 Å². The van der Waals surface area contributed by atoms with Crippen LogP contribution in [0.2, 0.25) is 0 Å².